The van der Waals surface area contributed by atoms with E-state index in [0.29, 0.717) is 6.33 Å². The molecule has 0 aromatic heterocycles. The number of halogens is 1. The Morgan fingerprint density at radius 3 is 1.85 bits per heavy atom. The monoisotopic (exact) mass is 372 g/mol. The second-order valence-corrected chi connectivity index (χ2v) is 8.89. The number of hydrogen-bond acceptors (Lipinski definition) is 1. The highest BCUT2D eigenvalue weighted by Gasteiger charge is 2.25. The molecule has 27 heavy (non-hydrogen) atoms. The minimum atomic E-state index is 0.703. The molecule has 0 amide bonds. The fourth-order valence-corrected chi connectivity index (χ4v) is 5.34. The van der Waals surface area contributed by atoms with Crippen LogP contribution < -0.4 is 4.74 Å². The maximum Gasteiger partial charge on any atom is 0.118 e. The Hall–Kier alpha value is -1.31. The standard InChI is InChI=1S/C25H37FO/c1-27-25-17-15-24(16-18-25)23-13-11-22(12-14-23)10-9-21-7-5-20(6-8-21)4-2-3-19-26/h3,15-23H,2,4-14H2,1H3. The van der Waals surface area contributed by atoms with Gasteiger partial charge in [0.25, 0.3) is 0 Å². The second kappa shape index (κ2) is 10.9. The highest BCUT2D eigenvalue weighted by molar-refractivity contribution is 5.29. The maximum absolute atomic E-state index is 12.1. The van der Waals surface area contributed by atoms with Crippen LogP contribution in [-0.2, 0) is 0 Å². The van der Waals surface area contributed by atoms with Crippen molar-refractivity contribution in [1.29, 1.82) is 0 Å². The van der Waals surface area contributed by atoms with Crippen LogP contribution in [0, 0.1) is 17.8 Å². The minimum Gasteiger partial charge on any atom is -0.497 e. The molecule has 3 rings (SSSR count). The third-order valence-corrected chi connectivity index (χ3v) is 7.21. The van der Waals surface area contributed by atoms with Crippen LogP contribution in [0.15, 0.2) is 36.7 Å². The van der Waals surface area contributed by atoms with Gasteiger partial charge in [0.05, 0.1) is 13.4 Å². The molecule has 2 aliphatic rings. The summed E-state index contributed by atoms with van der Waals surface area (Å²) in [5.41, 5.74) is 1.50. The zero-order valence-corrected chi connectivity index (χ0v) is 17.0. The summed E-state index contributed by atoms with van der Waals surface area (Å²) in [4.78, 5) is 0. The van der Waals surface area contributed by atoms with Crippen molar-refractivity contribution in [2.45, 2.75) is 83.0 Å². The van der Waals surface area contributed by atoms with E-state index in [0.717, 1.165) is 35.8 Å². The van der Waals surface area contributed by atoms with E-state index in [9.17, 15) is 4.39 Å². The highest BCUT2D eigenvalue weighted by atomic mass is 19.1. The van der Waals surface area contributed by atoms with Crippen molar-refractivity contribution < 1.29 is 9.13 Å². The Morgan fingerprint density at radius 1 is 0.815 bits per heavy atom. The summed E-state index contributed by atoms with van der Waals surface area (Å²) in [6.07, 6.45) is 18.4. The van der Waals surface area contributed by atoms with Crippen LogP contribution in [0.3, 0.4) is 0 Å². The van der Waals surface area contributed by atoms with E-state index in [1.165, 1.54) is 76.2 Å². The molecule has 0 atom stereocenters. The lowest BCUT2D eigenvalue weighted by Crippen LogP contribution is -2.17. The summed E-state index contributed by atoms with van der Waals surface area (Å²) >= 11 is 0. The number of hydrogen-bond donors (Lipinski definition) is 0. The van der Waals surface area contributed by atoms with Crippen LogP contribution in [0.5, 0.6) is 5.75 Å². The first-order chi connectivity index (χ1) is 13.3. The van der Waals surface area contributed by atoms with Crippen molar-refractivity contribution in [3.8, 4) is 5.75 Å². The van der Waals surface area contributed by atoms with Gasteiger partial charge in [0, 0.05) is 0 Å². The van der Waals surface area contributed by atoms with E-state index < -0.39 is 0 Å². The molecular weight excluding hydrogens is 335 g/mol. The van der Waals surface area contributed by atoms with Gasteiger partial charge in [0.15, 0.2) is 0 Å². The maximum atomic E-state index is 12.1. The Bertz CT molecular complexity index is 548. The largest absolute Gasteiger partial charge is 0.497 e. The topological polar surface area (TPSA) is 9.23 Å². The average molecular weight is 373 g/mol. The number of rotatable bonds is 8. The summed E-state index contributed by atoms with van der Waals surface area (Å²) < 4.78 is 17.3. The van der Waals surface area contributed by atoms with Gasteiger partial charge in [-0.05, 0) is 79.9 Å². The zero-order chi connectivity index (χ0) is 18.9. The summed E-state index contributed by atoms with van der Waals surface area (Å²) in [6.45, 7) is 0. The molecule has 2 fully saturated rings. The number of methoxy groups -OCH3 is 1. The fraction of sp³-hybridized carbons (Fsp3) is 0.680. The molecule has 0 bridgehead atoms. The van der Waals surface area contributed by atoms with Gasteiger partial charge in [-0.15, -0.1) is 0 Å². The lowest BCUT2D eigenvalue weighted by atomic mass is 9.74. The van der Waals surface area contributed by atoms with Gasteiger partial charge < -0.3 is 4.74 Å². The Labute approximate surface area is 165 Å². The summed E-state index contributed by atoms with van der Waals surface area (Å²) in [7, 11) is 1.73. The molecule has 2 heteroatoms. The van der Waals surface area contributed by atoms with Gasteiger partial charge >= 0.3 is 0 Å². The smallest absolute Gasteiger partial charge is 0.118 e. The van der Waals surface area contributed by atoms with Crippen LogP contribution >= 0.6 is 0 Å². The summed E-state index contributed by atoms with van der Waals surface area (Å²) in [6, 6.07) is 8.72. The molecule has 0 unspecified atom stereocenters. The van der Waals surface area contributed by atoms with Gasteiger partial charge in [0.2, 0.25) is 0 Å². The number of allylic oxidation sites excluding steroid dienone is 1. The molecule has 1 aromatic carbocycles. The van der Waals surface area contributed by atoms with Gasteiger partial charge in [-0.3, -0.25) is 0 Å². The molecule has 0 spiro atoms. The van der Waals surface area contributed by atoms with Gasteiger partial charge in [-0.2, -0.15) is 0 Å². The van der Waals surface area contributed by atoms with Crippen LogP contribution in [0.25, 0.3) is 0 Å². The van der Waals surface area contributed by atoms with Crippen LogP contribution in [-0.4, -0.2) is 7.11 Å². The molecule has 2 saturated carbocycles. The van der Waals surface area contributed by atoms with Crippen molar-refractivity contribution in [2.24, 2.45) is 17.8 Å². The van der Waals surface area contributed by atoms with Gasteiger partial charge in [-0.1, -0.05) is 56.7 Å². The Balaban J connectivity index is 1.32. The predicted octanol–water partition coefficient (Wildman–Crippen LogP) is 7.82. The molecule has 0 aliphatic heterocycles. The van der Waals surface area contributed by atoms with Crippen LogP contribution in [0.4, 0.5) is 4.39 Å². The minimum absolute atomic E-state index is 0.703. The quantitative estimate of drug-likeness (QED) is 0.452. The fourth-order valence-electron chi connectivity index (χ4n) is 5.34. The number of ether oxygens (including phenoxy) is 1. The van der Waals surface area contributed by atoms with Crippen molar-refractivity contribution >= 4 is 0 Å². The third kappa shape index (κ3) is 6.36. The van der Waals surface area contributed by atoms with Gasteiger partial charge in [-0.25, -0.2) is 4.39 Å². The van der Waals surface area contributed by atoms with Crippen LogP contribution in [0.2, 0.25) is 0 Å². The van der Waals surface area contributed by atoms with Crippen molar-refractivity contribution in [3.05, 3.63) is 42.2 Å². The molecular formula is C25H37FO. The SMILES string of the molecule is COc1ccc(C2CCC(CCC3CCC(CCC=CF)CC3)CC2)cc1. The normalized spacial score (nSPS) is 29.1. The Kier molecular flexibility index (Phi) is 8.23. The molecule has 0 heterocycles. The first kappa shape index (κ1) is 20.4. The molecule has 2 aliphatic carbocycles. The van der Waals surface area contributed by atoms with Crippen molar-refractivity contribution in [1.82, 2.24) is 0 Å². The van der Waals surface area contributed by atoms with Crippen LogP contribution in [0.1, 0.15) is 88.5 Å². The second-order valence-electron chi connectivity index (χ2n) is 8.89. The van der Waals surface area contributed by atoms with Crippen molar-refractivity contribution in [2.75, 3.05) is 7.11 Å². The van der Waals surface area contributed by atoms with E-state index in [4.69, 9.17) is 4.74 Å². The molecule has 0 radical (unpaired) electrons. The third-order valence-electron chi connectivity index (χ3n) is 7.21. The first-order valence-corrected chi connectivity index (χ1v) is 11.2. The summed E-state index contributed by atoms with van der Waals surface area (Å²) in [5, 5.41) is 0. The summed E-state index contributed by atoms with van der Waals surface area (Å²) in [5.74, 6) is 4.46. The molecule has 0 N–H and O–H groups in total. The van der Waals surface area contributed by atoms with E-state index in [1.54, 1.807) is 13.2 Å². The van der Waals surface area contributed by atoms with E-state index >= 15 is 0 Å². The van der Waals surface area contributed by atoms with E-state index in [-0.39, 0.29) is 0 Å². The molecule has 1 nitrogen and oxygen atoms in total. The predicted molar refractivity (Wildman–Crippen MR) is 112 cm³/mol. The average Bonchev–Trinajstić information content (AvgIpc) is 2.74. The lowest BCUT2D eigenvalue weighted by molar-refractivity contribution is 0.225. The molecule has 150 valence electrons. The highest BCUT2D eigenvalue weighted by Crippen LogP contribution is 2.40. The van der Waals surface area contributed by atoms with E-state index in [2.05, 4.69) is 24.3 Å². The lowest BCUT2D eigenvalue weighted by Gasteiger charge is -2.32. The number of benzene rings is 1. The molecule has 0 saturated heterocycles. The van der Waals surface area contributed by atoms with E-state index in [1.807, 2.05) is 0 Å². The zero-order valence-electron chi connectivity index (χ0n) is 17.0. The molecule has 1 aromatic rings. The van der Waals surface area contributed by atoms with Crippen molar-refractivity contribution in [3.63, 3.8) is 0 Å². The van der Waals surface area contributed by atoms with Gasteiger partial charge in [0.1, 0.15) is 5.75 Å². The Morgan fingerprint density at radius 2 is 1.33 bits per heavy atom. The first-order valence-electron chi connectivity index (χ1n) is 11.2.